The molecule has 0 aliphatic carbocycles. The van der Waals surface area contributed by atoms with E-state index in [0.717, 1.165) is 16.3 Å². The second-order valence-corrected chi connectivity index (χ2v) is 14.7. The number of fused-ring (bicyclic) bond motifs is 2. The molecule has 1 fully saturated rings. The molecule has 0 saturated carbocycles. The van der Waals surface area contributed by atoms with Crippen molar-refractivity contribution in [3.8, 4) is 0 Å². The zero-order chi connectivity index (χ0) is 38.2. The van der Waals surface area contributed by atoms with Crippen LogP contribution in [0.25, 0.3) is 21.7 Å². The molecule has 3 aromatic carbocycles. The van der Waals surface area contributed by atoms with Crippen molar-refractivity contribution in [3.05, 3.63) is 112 Å². The zero-order valence-corrected chi connectivity index (χ0v) is 31.4. The number of carbonyl (C=O) groups excluding carboxylic acids is 3. The molecule has 12 nitrogen and oxygen atoms in total. The predicted octanol–water partition coefficient (Wildman–Crippen LogP) is 4.91. The molecule has 2 aromatic heterocycles. The van der Waals surface area contributed by atoms with E-state index in [0.29, 0.717) is 92.0 Å². The first kappa shape index (κ1) is 38.6. The number of halogens is 1. The van der Waals surface area contributed by atoms with Gasteiger partial charge in [-0.1, -0.05) is 48.0 Å². The van der Waals surface area contributed by atoms with Gasteiger partial charge in [-0.2, -0.15) is 0 Å². The summed E-state index contributed by atoms with van der Waals surface area (Å²) in [6, 6.07) is 22.0. The summed E-state index contributed by atoms with van der Waals surface area (Å²) in [7, 11) is 3.80. The quantitative estimate of drug-likeness (QED) is 0.107. The number of nitrogens with zero attached hydrogens (tertiary/aromatic N) is 5. The fourth-order valence-corrected chi connectivity index (χ4v) is 7.15. The van der Waals surface area contributed by atoms with Crippen LogP contribution in [0.5, 0.6) is 0 Å². The highest BCUT2D eigenvalue weighted by molar-refractivity contribution is 6.34. The smallest absolute Gasteiger partial charge is 0.261 e. The largest absolute Gasteiger partial charge is 0.388 e. The number of amides is 3. The molecule has 3 heterocycles. The van der Waals surface area contributed by atoms with Crippen molar-refractivity contribution in [1.29, 1.82) is 0 Å². The van der Waals surface area contributed by atoms with Crippen molar-refractivity contribution >= 4 is 56.7 Å². The third-order valence-electron chi connectivity index (χ3n) is 10.0. The number of hydrogen-bond donors (Lipinski definition) is 3. The minimum absolute atomic E-state index is 0.0152. The van der Waals surface area contributed by atoms with Gasteiger partial charge in [0, 0.05) is 61.4 Å². The Balaban J connectivity index is 1.05. The van der Waals surface area contributed by atoms with E-state index < -0.39 is 5.60 Å². The summed E-state index contributed by atoms with van der Waals surface area (Å²) < 4.78 is 1.42. The van der Waals surface area contributed by atoms with E-state index in [1.54, 1.807) is 42.6 Å². The third-order valence-corrected chi connectivity index (χ3v) is 10.3. The van der Waals surface area contributed by atoms with E-state index in [1.807, 2.05) is 60.3 Å². The van der Waals surface area contributed by atoms with Crippen molar-refractivity contribution < 1.29 is 19.5 Å². The lowest BCUT2D eigenvalue weighted by atomic mass is 9.88. The molecule has 0 bridgehead atoms. The summed E-state index contributed by atoms with van der Waals surface area (Å²) in [5.41, 5.74) is 1.12. The molecular weight excluding hydrogens is 706 g/mol. The van der Waals surface area contributed by atoms with Crippen LogP contribution < -0.4 is 16.2 Å². The van der Waals surface area contributed by atoms with E-state index in [1.165, 1.54) is 10.9 Å². The lowest BCUT2D eigenvalue weighted by molar-refractivity contribution is -0.140. The van der Waals surface area contributed by atoms with E-state index in [2.05, 4.69) is 20.6 Å². The summed E-state index contributed by atoms with van der Waals surface area (Å²) in [6.45, 7) is 1.79. The number of pyridine rings is 1. The topological polar surface area (TPSA) is 150 Å². The van der Waals surface area contributed by atoms with Gasteiger partial charge in [0.2, 0.25) is 11.8 Å². The maximum Gasteiger partial charge on any atom is 0.261 e. The predicted molar refractivity (Wildman–Crippen MR) is 211 cm³/mol. The zero-order valence-electron chi connectivity index (χ0n) is 30.6. The molecule has 1 unspecified atom stereocenters. The monoisotopic (exact) mass is 751 g/mol. The molecule has 6 rings (SSSR count). The van der Waals surface area contributed by atoms with Crippen LogP contribution in [-0.4, -0.2) is 93.0 Å². The van der Waals surface area contributed by atoms with Crippen LogP contribution in [0, 0.1) is 5.92 Å². The van der Waals surface area contributed by atoms with Crippen molar-refractivity contribution in [2.75, 3.05) is 45.6 Å². The highest BCUT2D eigenvalue weighted by Gasteiger charge is 2.36. The van der Waals surface area contributed by atoms with Crippen molar-refractivity contribution in [2.24, 2.45) is 5.92 Å². The van der Waals surface area contributed by atoms with Gasteiger partial charge in [-0.15, -0.1) is 0 Å². The van der Waals surface area contributed by atoms with Crippen LogP contribution in [0.1, 0.15) is 48.0 Å². The number of nitrogens with one attached hydrogen (secondary N) is 2. The Hall–Kier alpha value is -5.17. The molecule has 54 heavy (non-hydrogen) atoms. The van der Waals surface area contributed by atoms with Crippen LogP contribution in [0.4, 0.5) is 5.69 Å². The average molecular weight is 752 g/mol. The molecule has 1 saturated heterocycles. The molecule has 1 aliphatic rings. The number of benzene rings is 3. The first-order valence-electron chi connectivity index (χ1n) is 18.3. The molecule has 1 aliphatic heterocycles. The van der Waals surface area contributed by atoms with E-state index in [4.69, 9.17) is 11.6 Å². The van der Waals surface area contributed by atoms with Gasteiger partial charge < -0.3 is 25.5 Å². The lowest BCUT2D eigenvalue weighted by Crippen LogP contribution is -2.51. The first-order valence-corrected chi connectivity index (χ1v) is 18.7. The number of aromatic nitrogens is 3. The van der Waals surface area contributed by atoms with Gasteiger partial charge in [-0.05, 0) is 93.5 Å². The second-order valence-electron chi connectivity index (χ2n) is 14.4. The minimum atomic E-state index is -1.19. The Morgan fingerprint density at radius 2 is 1.74 bits per heavy atom. The van der Waals surface area contributed by atoms with Crippen molar-refractivity contribution in [3.63, 3.8) is 0 Å². The molecule has 1 atom stereocenters. The maximum absolute atomic E-state index is 14.0. The molecule has 3 amide bonds. The highest BCUT2D eigenvalue weighted by Crippen LogP contribution is 2.27. The van der Waals surface area contributed by atoms with Gasteiger partial charge in [-0.3, -0.25) is 23.7 Å². The van der Waals surface area contributed by atoms with E-state index in [-0.39, 0.29) is 35.7 Å². The van der Waals surface area contributed by atoms with Crippen LogP contribution in [0.3, 0.4) is 0 Å². The molecule has 13 heteroatoms. The summed E-state index contributed by atoms with van der Waals surface area (Å²) in [5.74, 6) is -0.611. The fourth-order valence-electron chi connectivity index (χ4n) is 6.92. The minimum Gasteiger partial charge on any atom is -0.388 e. The lowest BCUT2D eigenvalue weighted by Gasteiger charge is -2.39. The van der Waals surface area contributed by atoms with E-state index >= 15 is 0 Å². The normalized spacial score (nSPS) is 14.6. The standard InChI is InChI=1S/C41H46ClN7O5/c1-47(2)20-15-36(50)46-32-11-13-34-35(25-32)45-27-49(40(34)53)26-41(54)16-21-48(22-17-41)39(52)31(23-28-7-4-3-5-8-28)9-6-18-44-38(51)30-10-12-33-29(24-30)14-19-43-37(33)42/h3-5,7-8,10-14,19,24-25,27,31,54H,6,9,15-18,20-23,26H2,1-2H3,(H,44,51)(H,46,50). The van der Waals surface area contributed by atoms with Gasteiger partial charge in [0.15, 0.2) is 0 Å². The molecule has 282 valence electrons. The Kier molecular flexibility index (Phi) is 12.4. The Morgan fingerprint density at radius 3 is 2.50 bits per heavy atom. The van der Waals surface area contributed by atoms with Crippen molar-refractivity contribution in [2.45, 2.75) is 50.7 Å². The van der Waals surface area contributed by atoms with Gasteiger partial charge in [0.05, 0.1) is 29.4 Å². The van der Waals surface area contributed by atoms with Crippen LogP contribution in [0.15, 0.2) is 90.1 Å². The molecule has 5 aromatic rings. The van der Waals surface area contributed by atoms with Crippen LogP contribution in [0.2, 0.25) is 5.15 Å². The Labute approximate surface area is 319 Å². The Morgan fingerprint density at radius 1 is 0.981 bits per heavy atom. The summed E-state index contributed by atoms with van der Waals surface area (Å²) >= 11 is 6.18. The van der Waals surface area contributed by atoms with E-state index in [9.17, 15) is 24.3 Å². The van der Waals surface area contributed by atoms with Gasteiger partial charge >= 0.3 is 0 Å². The summed E-state index contributed by atoms with van der Waals surface area (Å²) in [5, 5.41) is 19.8. The fraction of sp³-hybridized carbons (Fsp3) is 0.366. The molecular formula is C41H46ClN7O5. The molecule has 0 radical (unpaired) electrons. The maximum atomic E-state index is 14.0. The van der Waals surface area contributed by atoms with Gasteiger partial charge in [-0.25, -0.2) is 9.97 Å². The summed E-state index contributed by atoms with van der Waals surface area (Å²) in [4.78, 5) is 64.9. The Bertz CT molecular complexity index is 2180. The SMILES string of the molecule is CN(C)CCC(=O)Nc1ccc2c(=O)n(CC3(O)CCN(C(=O)C(CCCNC(=O)c4ccc5c(Cl)nccc5c4)Cc4ccccc4)CC3)cnc2c1. The molecule has 0 spiro atoms. The van der Waals surface area contributed by atoms with Gasteiger partial charge in [0.1, 0.15) is 5.15 Å². The molecule has 3 N–H and O–H groups in total. The highest BCUT2D eigenvalue weighted by atomic mass is 35.5. The number of likely N-dealkylation sites (tertiary alicyclic amines) is 1. The van der Waals surface area contributed by atoms with Crippen molar-refractivity contribution in [1.82, 2.24) is 29.7 Å². The number of carbonyl (C=O) groups is 3. The second kappa shape index (κ2) is 17.3. The third kappa shape index (κ3) is 9.67. The number of hydrogen-bond acceptors (Lipinski definition) is 8. The average Bonchev–Trinajstić information content (AvgIpc) is 3.16. The first-order chi connectivity index (χ1) is 26.0. The van der Waals surface area contributed by atoms with Gasteiger partial charge in [0.25, 0.3) is 11.5 Å². The number of anilines is 1. The number of piperidine rings is 1. The van der Waals surface area contributed by atoms with Crippen LogP contribution >= 0.6 is 11.6 Å². The summed E-state index contributed by atoms with van der Waals surface area (Å²) in [6.07, 6.45) is 5.75. The van der Waals surface area contributed by atoms with Crippen LogP contribution in [-0.2, 0) is 22.6 Å². The number of rotatable bonds is 14. The number of aliphatic hydroxyl groups is 1.